The fraction of sp³-hybridized carbons (Fsp3) is 0. The Labute approximate surface area is 222 Å². The van der Waals surface area contributed by atoms with Crippen molar-refractivity contribution in [2.75, 3.05) is 0 Å². The van der Waals surface area contributed by atoms with Crippen LogP contribution in [-0.4, -0.2) is 34.1 Å². The molecule has 8 nitrogen and oxygen atoms in total. The van der Waals surface area contributed by atoms with Crippen LogP contribution in [0.5, 0.6) is 11.5 Å². The first-order valence-electron chi connectivity index (χ1n) is 10.6. The summed E-state index contributed by atoms with van der Waals surface area (Å²) in [6.45, 7) is 0. The summed E-state index contributed by atoms with van der Waals surface area (Å²) < 4.78 is 10.1. The van der Waals surface area contributed by atoms with Crippen LogP contribution < -0.4 is 9.47 Å². The van der Waals surface area contributed by atoms with Gasteiger partial charge < -0.3 is 19.7 Å². The second-order valence-corrected chi connectivity index (χ2v) is 7.11. The number of hydrogen-bond donors (Lipinski definition) is 2. The number of carbonyl (C=O) groups is 4. The maximum absolute atomic E-state index is 11.8. The quantitative estimate of drug-likeness (QED) is 0.191. The van der Waals surface area contributed by atoms with Crippen molar-refractivity contribution in [1.82, 2.24) is 0 Å². The van der Waals surface area contributed by atoms with Crippen molar-refractivity contribution in [2.24, 2.45) is 0 Å². The van der Waals surface area contributed by atoms with Crippen LogP contribution in [0, 0.1) is 0 Å². The maximum Gasteiger partial charge on any atom is 0.343 e. The molecule has 0 saturated carbocycles. The molecule has 0 unspecified atom stereocenters. The maximum atomic E-state index is 11.8. The molecule has 0 amide bonds. The van der Waals surface area contributed by atoms with Crippen LogP contribution in [0.25, 0.3) is 0 Å². The van der Waals surface area contributed by atoms with Crippen LogP contribution in [0.3, 0.4) is 0 Å². The van der Waals surface area contributed by atoms with Crippen LogP contribution in [0.2, 0.25) is 0 Å². The van der Waals surface area contributed by atoms with E-state index >= 15 is 0 Å². The van der Waals surface area contributed by atoms with Gasteiger partial charge in [-0.3, -0.25) is 0 Å². The summed E-state index contributed by atoms with van der Waals surface area (Å²) in [5.41, 5.74) is 0.666. The summed E-state index contributed by atoms with van der Waals surface area (Å²) in [6, 6.07) is 28.8. The molecule has 37 heavy (non-hydrogen) atoms. The fourth-order valence-corrected chi connectivity index (χ4v) is 2.93. The molecule has 0 bridgehead atoms. The van der Waals surface area contributed by atoms with Gasteiger partial charge in [-0.2, -0.15) is 0 Å². The predicted molar refractivity (Wildman–Crippen MR) is 130 cm³/mol. The number of carboxylic acid groups (broad SMARTS) is 2. The van der Waals surface area contributed by atoms with E-state index in [1.54, 1.807) is 84.9 Å². The molecule has 9 heteroatoms. The summed E-state index contributed by atoms with van der Waals surface area (Å²) in [6.07, 6.45) is 0. The van der Waals surface area contributed by atoms with Crippen molar-refractivity contribution in [2.45, 2.75) is 0 Å². The zero-order valence-electron chi connectivity index (χ0n) is 19.0. The van der Waals surface area contributed by atoms with Gasteiger partial charge in [0.05, 0.1) is 11.1 Å². The van der Waals surface area contributed by atoms with Gasteiger partial charge in [-0.15, -0.1) is 0 Å². The van der Waals surface area contributed by atoms with E-state index in [9.17, 15) is 19.2 Å². The third kappa shape index (κ3) is 8.17. The van der Waals surface area contributed by atoms with Crippen molar-refractivity contribution >= 4 is 23.9 Å². The average Bonchev–Trinajstić information content (AvgIpc) is 2.90. The van der Waals surface area contributed by atoms with E-state index in [1.165, 1.54) is 24.3 Å². The van der Waals surface area contributed by atoms with Crippen molar-refractivity contribution in [1.29, 1.82) is 0 Å². The summed E-state index contributed by atoms with van der Waals surface area (Å²) in [5.74, 6) is -3.34. The number of para-hydroxylation sites is 2. The van der Waals surface area contributed by atoms with Gasteiger partial charge in [0.2, 0.25) is 0 Å². The molecule has 0 aliphatic rings. The van der Waals surface area contributed by atoms with E-state index in [0.717, 1.165) is 0 Å². The molecular weight excluding hydrogens is 528 g/mol. The van der Waals surface area contributed by atoms with Gasteiger partial charge >= 0.3 is 23.9 Å². The minimum Gasteiger partial charge on any atom is -0.478 e. The number of benzene rings is 4. The first-order valence-corrected chi connectivity index (χ1v) is 10.6. The van der Waals surface area contributed by atoms with Crippen LogP contribution in [0.15, 0.2) is 109 Å². The van der Waals surface area contributed by atoms with Gasteiger partial charge in [-0.25, -0.2) is 19.2 Å². The van der Waals surface area contributed by atoms with Gasteiger partial charge in [0.25, 0.3) is 0 Å². The van der Waals surface area contributed by atoms with Crippen LogP contribution >= 0.6 is 0 Å². The molecule has 0 fully saturated rings. The number of carboxylic acids is 2. The first-order chi connectivity index (χ1) is 17.4. The van der Waals surface area contributed by atoms with E-state index in [4.69, 9.17) is 19.7 Å². The second kappa shape index (κ2) is 14.0. The van der Waals surface area contributed by atoms with E-state index in [-0.39, 0.29) is 39.7 Å². The first kappa shape index (κ1) is 28.5. The molecule has 1 radical (unpaired) electrons. The zero-order valence-corrected chi connectivity index (χ0v) is 20.0. The third-order valence-corrected chi connectivity index (χ3v) is 4.66. The van der Waals surface area contributed by atoms with Gasteiger partial charge in [0.15, 0.2) is 0 Å². The Morgan fingerprint density at radius 1 is 0.459 bits per heavy atom. The molecule has 2 N–H and O–H groups in total. The largest absolute Gasteiger partial charge is 0.478 e. The minimum absolute atomic E-state index is 0. The zero-order chi connectivity index (χ0) is 25.9. The summed E-state index contributed by atoms with van der Waals surface area (Å²) in [4.78, 5) is 45.4. The third-order valence-electron chi connectivity index (χ3n) is 4.66. The molecule has 191 valence electrons. The molecule has 4 rings (SSSR count). The monoisotopic (exact) mass is 547 g/mol. The molecule has 4 aromatic carbocycles. The molecule has 0 spiro atoms. The number of carbonyl (C=O) groups excluding carboxylic acids is 2. The Morgan fingerprint density at radius 2 is 0.757 bits per heavy atom. The molecule has 0 aliphatic heterocycles. The Balaban J connectivity index is 0.000000253. The Hall–Kier alpha value is -4.72. The van der Waals surface area contributed by atoms with Gasteiger partial charge in [0.1, 0.15) is 22.6 Å². The number of hydrogen-bond acceptors (Lipinski definition) is 6. The SMILES string of the molecule is O=C(Oc1ccccc1C(=O)O)c1ccccc1.O=C(Oc1ccccc1C(=O)O)c1ccccc1.[Cu]. The van der Waals surface area contributed by atoms with Crippen LogP contribution in [0.4, 0.5) is 0 Å². The number of aromatic carboxylic acids is 2. The fourth-order valence-electron chi connectivity index (χ4n) is 2.93. The van der Waals surface area contributed by atoms with Crippen molar-refractivity contribution < 1.29 is 55.9 Å². The van der Waals surface area contributed by atoms with E-state index in [0.29, 0.717) is 11.1 Å². The predicted octanol–water partition coefficient (Wildman–Crippen LogP) is 5.21. The minimum atomic E-state index is -1.13. The van der Waals surface area contributed by atoms with Crippen LogP contribution in [-0.2, 0) is 17.1 Å². The topological polar surface area (TPSA) is 127 Å². The second-order valence-electron chi connectivity index (χ2n) is 7.11. The van der Waals surface area contributed by atoms with Crippen molar-refractivity contribution in [3.8, 4) is 11.5 Å². The number of ether oxygens (including phenoxy) is 2. The number of esters is 2. The van der Waals surface area contributed by atoms with Crippen molar-refractivity contribution in [3.63, 3.8) is 0 Å². The summed E-state index contributed by atoms with van der Waals surface area (Å²) in [5, 5.41) is 17.9. The van der Waals surface area contributed by atoms with Gasteiger partial charge in [-0.05, 0) is 48.5 Å². The molecule has 0 aromatic heterocycles. The molecular formula is C28H20CuO8. The van der Waals surface area contributed by atoms with Gasteiger partial charge in [-0.1, -0.05) is 60.7 Å². The standard InChI is InChI=1S/2C14H10O4.Cu/c2*15-13(16)11-8-4-5-9-12(11)18-14(17)10-6-2-1-3-7-10;/h2*1-9H,(H,15,16);. The van der Waals surface area contributed by atoms with Crippen molar-refractivity contribution in [3.05, 3.63) is 131 Å². The molecule has 0 saturated heterocycles. The summed E-state index contributed by atoms with van der Waals surface area (Å²) in [7, 11) is 0. The molecule has 0 heterocycles. The normalized spacial score (nSPS) is 9.51. The molecule has 0 aliphatic carbocycles. The van der Waals surface area contributed by atoms with E-state index in [1.807, 2.05) is 0 Å². The number of rotatable bonds is 6. The Bertz CT molecular complexity index is 1260. The summed E-state index contributed by atoms with van der Waals surface area (Å²) >= 11 is 0. The Kier molecular flexibility index (Phi) is 10.8. The van der Waals surface area contributed by atoms with E-state index < -0.39 is 23.9 Å². The van der Waals surface area contributed by atoms with Gasteiger partial charge in [0, 0.05) is 17.1 Å². The Morgan fingerprint density at radius 3 is 1.08 bits per heavy atom. The molecule has 0 atom stereocenters. The smallest absolute Gasteiger partial charge is 0.343 e. The molecule has 4 aromatic rings. The van der Waals surface area contributed by atoms with E-state index in [2.05, 4.69) is 0 Å². The average molecular weight is 548 g/mol. The van der Waals surface area contributed by atoms with Crippen LogP contribution in [0.1, 0.15) is 41.4 Å².